The number of rotatable bonds is 3. The molecule has 0 amide bonds. The standard InChI is InChI=1S/C31H23N/c1-22-14-16-23(17-15-22)24-18-20-25(21-19-24)27-11-7-12-29-28-10-5-6-13-30(28)32(31(27)29)26-8-3-2-4-9-26/h2-21H,1H3. The second kappa shape index (κ2) is 7.55. The number of aryl methyl sites for hydroxylation is 1. The van der Waals surface area contributed by atoms with Gasteiger partial charge in [-0.3, -0.25) is 0 Å². The molecule has 6 rings (SSSR count). The molecule has 1 heteroatoms. The molecule has 0 radical (unpaired) electrons. The van der Waals surface area contributed by atoms with E-state index in [9.17, 15) is 0 Å². The molecule has 6 aromatic rings. The highest BCUT2D eigenvalue weighted by molar-refractivity contribution is 6.13. The fourth-order valence-electron chi connectivity index (χ4n) is 4.69. The zero-order valence-electron chi connectivity index (χ0n) is 18.0. The van der Waals surface area contributed by atoms with Gasteiger partial charge in [-0.15, -0.1) is 0 Å². The summed E-state index contributed by atoms with van der Waals surface area (Å²) in [6.45, 7) is 2.12. The van der Waals surface area contributed by atoms with Crippen LogP contribution < -0.4 is 0 Å². The maximum Gasteiger partial charge on any atom is 0.0619 e. The Hall–Kier alpha value is -4.10. The Morgan fingerprint density at radius 2 is 1.06 bits per heavy atom. The third-order valence-electron chi connectivity index (χ3n) is 6.29. The summed E-state index contributed by atoms with van der Waals surface area (Å²) < 4.78 is 2.40. The van der Waals surface area contributed by atoms with Gasteiger partial charge in [0.25, 0.3) is 0 Å². The van der Waals surface area contributed by atoms with Crippen LogP contribution in [0.25, 0.3) is 49.7 Å². The maximum atomic E-state index is 2.40. The van der Waals surface area contributed by atoms with Crippen molar-refractivity contribution in [2.45, 2.75) is 6.92 Å². The number of hydrogen-bond acceptors (Lipinski definition) is 0. The zero-order valence-corrected chi connectivity index (χ0v) is 18.0. The van der Waals surface area contributed by atoms with E-state index in [2.05, 4.69) is 133 Å². The summed E-state index contributed by atoms with van der Waals surface area (Å²) in [6.07, 6.45) is 0. The van der Waals surface area contributed by atoms with Crippen LogP contribution in [-0.4, -0.2) is 4.57 Å². The molecule has 0 aliphatic rings. The van der Waals surface area contributed by atoms with Crippen LogP contribution in [0.1, 0.15) is 5.56 Å². The highest BCUT2D eigenvalue weighted by atomic mass is 15.0. The van der Waals surface area contributed by atoms with E-state index in [0.717, 1.165) is 0 Å². The molecule has 1 heterocycles. The monoisotopic (exact) mass is 409 g/mol. The Morgan fingerprint density at radius 1 is 0.469 bits per heavy atom. The van der Waals surface area contributed by atoms with E-state index < -0.39 is 0 Å². The number of para-hydroxylation sites is 3. The van der Waals surface area contributed by atoms with Crippen molar-refractivity contribution in [2.75, 3.05) is 0 Å². The van der Waals surface area contributed by atoms with Crippen molar-refractivity contribution >= 4 is 21.8 Å². The fourth-order valence-corrected chi connectivity index (χ4v) is 4.69. The first kappa shape index (κ1) is 18.7. The van der Waals surface area contributed by atoms with Crippen molar-refractivity contribution < 1.29 is 0 Å². The van der Waals surface area contributed by atoms with Crippen LogP contribution in [0.3, 0.4) is 0 Å². The molecule has 0 fully saturated rings. The van der Waals surface area contributed by atoms with E-state index >= 15 is 0 Å². The lowest BCUT2D eigenvalue weighted by atomic mass is 9.98. The summed E-state index contributed by atoms with van der Waals surface area (Å²) in [5, 5.41) is 2.56. The smallest absolute Gasteiger partial charge is 0.0619 e. The predicted octanol–water partition coefficient (Wildman–Crippen LogP) is 8.43. The van der Waals surface area contributed by atoms with Gasteiger partial charge >= 0.3 is 0 Å². The van der Waals surface area contributed by atoms with Gasteiger partial charge in [-0.25, -0.2) is 0 Å². The van der Waals surface area contributed by atoms with Crippen LogP contribution in [-0.2, 0) is 0 Å². The zero-order chi connectivity index (χ0) is 21.5. The average molecular weight is 410 g/mol. The Labute approximate surface area is 188 Å². The van der Waals surface area contributed by atoms with Crippen molar-refractivity contribution in [3.8, 4) is 27.9 Å². The maximum absolute atomic E-state index is 2.40. The molecule has 1 aromatic heterocycles. The Balaban J connectivity index is 1.58. The summed E-state index contributed by atoms with van der Waals surface area (Å²) in [5.41, 5.74) is 9.92. The van der Waals surface area contributed by atoms with Crippen LogP contribution in [0.4, 0.5) is 0 Å². The van der Waals surface area contributed by atoms with Crippen LogP contribution in [0.2, 0.25) is 0 Å². The second-order valence-electron chi connectivity index (χ2n) is 8.33. The van der Waals surface area contributed by atoms with E-state index in [4.69, 9.17) is 0 Å². The van der Waals surface area contributed by atoms with Crippen LogP contribution >= 0.6 is 0 Å². The predicted molar refractivity (Wildman–Crippen MR) is 136 cm³/mol. The molecule has 0 unspecified atom stereocenters. The molecule has 0 saturated heterocycles. The first-order valence-corrected chi connectivity index (χ1v) is 11.0. The summed E-state index contributed by atoms with van der Waals surface area (Å²) in [6, 6.07) is 43.7. The van der Waals surface area contributed by atoms with Crippen molar-refractivity contribution in [2.24, 2.45) is 0 Å². The lowest BCUT2D eigenvalue weighted by Gasteiger charge is -2.12. The summed E-state index contributed by atoms with van der Waals surface area (Å²) >= 11 is 0. The van der Waals surface area contributed by atoms with E-state index in [1.54, 1.807) is 0 Å². The molecule has 1 nitrogen and oxygen atoms in total. The molecule has 5 aromatic carbocycles. The number of aromatic nitrogens is 1. The van der Waals surface area contributed by atoms with Gasteiger partial charge in [-0.05, 0) is 41.8 Å². The number of hydrogen-bond donors (Lipinski definition) is 0. The summed E-state index contributed by atoms with van der Waals surface area (Å²) in [7, 11) is 0. The van der Waals surface area contributed by atoms with Gasteiger partial charge in [0.2, 0.25) is 0 Å². The quantitative estimate of drug-likeness (QED) is 0.276. The Morgan fingerprint density at radius 3 is 1.81 bits per heavy atom. The first-order chi connectivity index (χ1) is 15.8. The summed E-state index contributed by atoms with van der Waals surface area (Å²) in [4.78, 5) is 0. The van der Waals surface area contributed by atoms with Crippen molar-refractivity contribution in [1.82, 2.24) is 4.57 Å². The number of benzene rings is 5. The van der Waals surface area contributed by atoms with Crippen molar-refractivity contribution in [3.63, 3.8) is 0 Å². The minimum absolute atomic E-state index is 1.18. The molecule has 0 N–H and O–H groups in total. The van der Waals surface area contributed by atoms with Crippen LogP contribution in [0.15, 0.2) is 121 Å². The fraction of sp³-hybridized carbons (Fsp3) is 0.0323. The Kier molecular flexibility index (Phi) is 4.40. The van der Waals surface area contributed by atoms with Gasteiger partial charge in [-0.2, -0.15) is 0 Å². The molecular formula is C31H23N. The van der Waals surface area contributed by atoms with Crippen molar-refractivity contribution in [3.05, 3.63) is 127 Å². The molecule has 152 valence electrons. The normalized spacial score (nSPS) is 11.3. The molecular weight excluding hydrogens is 386 g/mol. The van der Waals surface area contributed by atoms with E-state index in [-0.39, 0.29) is 0 Å². The average Bonchev–Trinajstić information content (AvgIpc) is 3.20. The minimum Gasteiger partial charge on any atom is -0.309 e. The number of nitrogens with zero attached hydrogens (tertiary/aromatic N) is 1. The van der Waals surface area contributed by atoms with Gasteiger partial charge in [0.15, 0.2) is 0 Å². The highest BCUT2D eigenvalue weighted by Crippen LogP contribution is 2.38. The molecule has 0 atom stereocenters. The van der Waals surface area contributed by atoms with Gasteiger partial charge in [-0.1, -0.05) is 109 Å². The third-order valence-corrected chi connectivity index (χ3v) is 6.29. The third kappa shape index (κ3) is 3.02. The molecule has 0 saturated carbocycles. The van der Waals surface area contributed by atoms with Gasteiger partial charge in [0, 0.05) is 22.0 Å². The minimum atomic E-state index is 1.18. The Bertz CT molecular complexity index is 1540. The molecule has 0 aliphatic carbocycles. The topological polar surface area (TPSA) is 4.93 Å². The molecule has 0 aliphatic heterocycles. The van der Waals surface area contributed by atoms with Gasteiger partial charge in [0.1, 0.15) is 0 Å². The van der Waals surface area contributed by atoms with E-state index in [1.165, 1.54) is 55.3 Å². The molecule has 32 heavy (non-hydrogen) atoms. The van der Waals surface area contributed by atoms with Gasteiger partial charge < -0.3 is 4.57 Å². The summed E-state index contributed by atoms with van der Waals surface area (Å²) in [5.74, 6) is 0. The van der Waals surface area contributed by atoms with Crippen LogP contribution in [0.5, 0.6) is 0 Å². The largest absolute Gasteiger partial charge is 0.309 e. The highest BCUT2D eigenvalue weighted by Gasteiger charge is 2.15. The molecule has 0 spiro atoms. The van der Waals surface area contributed by atoms with Crippen molar-refractivity contribution in [1.29, 1.82) is 0 Å². The van der Waals surface area contributed by atoms with E-state index in [0.29, 0.717) is 0 Å². The lowest BCUT2D eigenvalue weighted by molar-refractivity contribution is 1.18. The lowest BCUT2D eigenvalue weighted by Crippen LogP contribution is -1.95. The first-order valence-electron chi connectivity index (χ1n) is 11.0. The molecule has 0 bridgehead atoms. The number of fused-ring (bicyclic) bond motifs is 3. The van der Waals surface area contributed by atoms with Gasteiger partial charge in [0.05, 0.1) is 11.0 Å². The van der Waals surface area contributed by atoms with E-state index in [1.807, 2.05) is 0 Å². The van der Waals surface area contributed by atoms with Crippen LogP contribution in [0, 0.1) is 6.92 Å². The second-order valence-corrected chi connectivity index (χ2v) is 8.33. The SMILES string of the molecule is Cc1ccc(-c2ccc(-c3cccc4c5ccccc5n(-c5ccccc5)c34)cc2)cc1.